The van der Waals surface area contributed by atoms with E-state index in [0.29, 0.717) is 31.3 Å². The highest BCUT2D eigenvalue weighted by Crippen LogP contribution is 2.34. The van der Waals surface area contributed by atoms with E-state index in [-0.39, 0.29) is 11.5 Å². The molecule has 0 aromatic carbocycles. The molecule has 5 heteroatoms. The van der Waals surface area contributed by atoms with Gasteiger partial charge in [-0.2, -0.15) is 0 Å². The maximum absolute atomic E-state index is 12.5. The molecule has 1 N–H and O–H groups in total. The van der Waals surface area contributed by atoms with Crippen molar-refractivity contribution in [2.45, 2.75) is 77.6 Å². The number of allylic oxidation sites excluding steroid dienone is 3. The van der Waals surface area contributed by atoms with Gasteiger partial charge in [-0.1, -0.05) is 30.4 Å². The van der Waals surface area contributed by atoms with E-state index >= 15 is 0 Å². The molecule has 2 bridgehead atoms. The van der Waals surface area contributed by atoms with Crippen molar-refractivity contribution in [3.63, 3.8) is 0 Å². The summed E-state index contributed by atoms with van der Waals surface area (Å²) in [7, 11) is 0. The van der Waals surface area contributed by atoms with Gasteiger partial charge in [0.2, 0.25) is 0 Å². The lowest BCUT2D eigenvalue weighted by Crippen LogP contribution is -2.43. The molecule has 0 aromatic rings. The lowest BCUT2D eigenvalue weighted by Gasteiger charge is -2.32. The van der Waals surface area contributed by atoms with E-state index in [4.69, 9.17) is 9.47 Å². The number of carbonyl (C=O) groups excluding carboxylic acids is 2. The van der Waals surface area contributed by atoms with Crippen molar-refractivity contribution in [3.8, 4) is 0 Å². The number of fused-ring (bicyclic) bond motifs is 2. The standard InChI is InChI=1S/C22H30O5/c1-14-7-6-8-15(2)19(26-17(4)23)13-18-11-12-22(5,20(24)10-9-14)27-21(25)16(18)3/h7-8,11,19-20,24H,3,6,9-10,12-13H2,1-2,4-5H3/b14-7+,15-8+/t19?,20-,22+/m1/s1. The number of aliphatic hydroxyl groups excluding tert-OH is 1. The van der Waals surface area contributed by atoms with Crippen LogP contribution in [0.5, 0.6) is 0 Å². The minimum atomic E-state index is -1.01. The van der Waals surface area contributed by atoms with Gasteiger partial charge >= 0.3 is 11.9 Å². The molecule has 0 spiro atoms. The van der Waals surface area contributed by atoms with Crippen LogP contribution in [-0.4, -0.2) is 34.9 Å². The highest BCUT2D eigenvalue weighted by Gasteiger charge is 2.39. The Kier molecular flexibility index (Phi) is 6.82. The zero-order chi connectivity index (χ0) is 20.2. The van der Waals surface area contributed by atoms with Crippen molar-refractivity contribution in [2.24, 2.45) is 0 Å². The summed E-state index contributed by atoms with van der Waals surface area (Å²) in [5.41, 5.74) is 2.02. The van der Waals surface area contributed by atoms with Crippen LogP contribution < -0.4 is 0 Å². The van der Waals surface area contributed by atoms with E-state index in [1.165, 1.54) is 6.92 Å². The Morgan fingerprint density at radius 1 is 1.33 bits per heavy atom. The third-order valence-corrected chi connectivity index (χ3v) is 5.36. The first-order chi connectivity index (χ1) is 12.6. The highest BCUT2D eigenvalue weighted by atomic mass is 16.6. The Hall–Kier alpha value is -2.14. The summed E-state index contributed by atoms with van der Waals surface area (Å²) in [5.74, 6) is -0.908. The van der Waals surface area contributed by atoms with Gasteiger partial charge in [0.05, 0.1) is 11.7 Å². The predicted molar refractivity (Wildman–Crippen MR) is 104 cm³/mol. The molecule has 0 saturated carbocycles. The Labute approximate surface area is 161 Å². The molecule has 0 fully saturated rings. The lowest BCUT2D eigenvalue weighted by molar-refractivity contribution is -0.164. The van der Waals surface area contributed by atoms with Crippen molar-refractivity contribution >= 4 is 11.9 Å². The molecule has 148 valence electrons. The summed E-state index contributed by atoms with van der Waals surface area (Å²) in [4.78, 5) is 24.1. The molecule has 0 radical (unpaired) electrons. The molecule has 1 unspecified atom stereocenters. The van der Waals surface area contributed by atoms with Gasteiger partial charge in [-0.15, -0.1) is 0 Å². The van der Waals surface area contributed by atoms with E-state index in [0.717, 1.165) is 17.6 Å². The van der Waals surface area contributed by atoms with E-state index in [2.05, 4.69) is 12.7 Å². The van der Waals surface area contributed by atoms with Crippen LogP contribution in [0.1, 0.15) is 59.8 Å². The molecule has 0 aromatic heterocycles. The van der Waals surface area contributed by atoms with Gasteiger partial charge in [0, 0.05) is 19.8 Å². The van der Waals surface area contributed by atoms with Gasteiger partial charge in [0.1, 0.15) is 11.7 Å². The van der Waals surface area contributed by atoms with E-state index in [1.807, 2.05) is 26.0 Å². The Morgan fingerprint density at radius 2 is 2.04 bits per heavy atom. The lowest BCUT2D eigenvalue weighted by atomic mass is 9.88. The number of rotatable bonds is 1. The minimum absolute atomic E-state index is 0.250. The molecular weight excluding hydrogens is 344 g/mol. The molecule has 1 aliphatic heterocycles. The topological polar surface area (TPSA) is 72.8 Å². The molecule has 1 heterocycles. The van der Waals surface area contributed by atoms with Crippen molar-refractivity contribution < 1.29 is 24.2 Å². The van der Waals surface area contributed by atoms with Crippen LogP contribution in [0.3, 0.4) is 0 Å². The SMILES string of the molecule is C=C1C(=O)O[C@@]2(C)CC=C1CC(OC(C)=O)/C(C)=C/C/C=C(\C)CC[C@H]2O. The van der Waals surface area contributed by atoms with Crippen LogP contribution in [0.15, 0.2) is 47.1 Å². The van der Waals surface area contributed by atoms with Crippen molar-refractivity contribution in [2.75, 3.05) is 0 Å². The molecule has 2 aliphatic rings. The van der Waals surface area contributed by atoms with E-state index < -0.39 is 23.8 Å². The Morgan fingerprint density at radius 3 is 2.70 bits per heavy atom. The van der Waals surface area contributed by atoms with Crippen LogP contribution in [0.4, 0.5) is 0 Å². The summed E-state index contributed by atoms with van der Waals surface area (Å²) in [6, 6.07) is 0. The van der Waals surface area contributed by atoms with Crippen LogP contribution in [0, 0.1) is 0 Å². The molecule has 0 amide bonds. The Bertz CT molecular complexity index is 712. The fourth-order valence-electron chi connectivity index (χ4n) is 3.35. The van der Waals surface area contributed by atoms with Crippen molar-refractivity contribution in [1.29, 1.82) is 0 Å². The minimum Gasteiger partial charge on any atom is -0.458 e. The summed E-state index contributed by atoms with van der Waals surface area (Å²) >= 11 is 0. The van der Waals surface area contributed by atoms with Gasteiger partial charge in [0.15, 0.2) is 0 Å². The molecule has 0 saturated heterocycles. The zero-order valence-corrected chi connectivity index (χ0v) is 16.7. The second kappa shape index (κ2) is 8.70. The number of esters is 2. The first-order valence-electron chi connectivity index (χ1n) is 9.41. The predicted octanol–water partition coefficient (Wildman–Crippen LogP) is 3.93. The largest absolute Gasteiger partial charge is 0.458 e. The summed E-state index contributed by atoms with van der Waals surface area (Å²) < 4.78 is 11.1. The molecular formula is C22H30O5. The highest BCUT2D eigenvalue weighted by molar-refractivity contribution is 5.93. The van der Waals surface area contributed by atoms with Gasteiger partial charge in [0.25, 0.3) is 0 Å². The van der Waals surface area contributed by atoms with Gasteiger partial charge in [-0.3, -0.25) is 4.79 Å². The normalized spacial score (nSPS) is 34.2. The van der Waals surface area contributed by atoms with Crippen molar-refractivity contribution in [3.05, 3.63) is 47.1 Å². The molecule has 5 nitrogen and oxygen atoms in total. The molecule has 27 heavy (non-hydrogen) atoms. The first kappa shape index (κ1) is 21.2. The van der Waals surface area contributed by atoms with Crippen LogP contribution in [0.2, 0.25) is 0 Å². The van der Waals surface area contributed by atoms with Crippen LogP contribution in [-0.2, 0) is 19.1 Å². The third-order valence-electron chi connectivity index (χ3n) is 5.36. The second-order valence-corrected chi connectivity index (χ2v) is 7.71. The summed E-state index contributed by atoms with van der Waals surface area (Å²) in [6.45, 7) is 10.9. The number of hydrogen-bond donors (Lipinski definition) is 1. The maximum Gasteiger partial charge on any atom is 0.338 e. The number of ether oxygens (including phenoxy) is 2. The number of aliphatic hydroxyl groups is 1. The monoisotopic (exact) mass is 374 g/mol. The average molecular weight is 374 g/mol. The Balaban J connectivity index is 2.45. The average Bonchev–Trinajstić information content (AvgIpc) is 2.70. The number of carbonyl (C=O) groups is 2. The quantitative estimate of drug-likeness (QED) is 0.428. The molecule has 1 aliphatic carbocycles. The van der Waals surface area contributed by atoms with Gasteiger partial charge in [-0.05, 0) is 51.2 Å². The summed E-state index contributed by atoms with van der Waals surface area (Å²) in [5, 5.41) is 10.7. The van der Waals surface area contributed by atoms with E-state index in [1.54, 1.807) is 6.92 Å². The molecule has 2 rings (SSSR count). The third kappa shape index (κ3) is 5.42. The smallest absolute Gasteiger partial charge is 0.338 e. The summed E-state index contributed by atoms with van der Waals surface area (Å²) in [6.07, 6.45) is 7.45. The van der Waals surface area contributed by atoms with Gasteiger partial charge < -0.3 is 14.6 Å². The van der Waals surface area contributed by atoms with Gasteiger partial charge in [-0.25, -0.2) is 4.79 Å². The van der Waals surface area contributed by atoms with Crippen LogP contribution in [0.25, 0.3) is 0 Å². The second-order valence-electron chi connectivity index (χ2n) is 7.71. The fraction of sp³-hybridized carbons (Fsp3) is 0.545. The zero-order valence-electron chi connectivity index (χ0n) is 16.7. The van der Waals surface area contributed by atoms with Crippen LogP contribution >= 0.6 is 0 Å². The fourth-order valence-corrected chi connectivity index (χ4v) is 3.35. The first-order valence-corrected chi connectivity index (χ1v) is 9.41. The maximum atomic E-state index is 12.5. The molecule has 3 atom stereocenters. The van der Waals surface area contributed by atoms with Crippen molar-refractivity contribution in [1.82, 2.24) is 0 Å². The number of hydrogen-bond acceptors (Lipinski definition) is 5. The van der Waals surface area contributed by atoms with E-state index in [9.17, 15) is 14.7 Å².